The van der Waals surface area contributed by atoms with Crippen molar-refractivity contribution < 1.29 is 9.13 Å². The van der Waals surface area contributed by atoms with Crippen molar-refractivity contribution in [3.63, 3.8) is 0 Å². The number of thiocarbonyl (C=S) groups is 1. The summed E-state index contributed by atoms with van der Waals surface area (Å²) in [6.45, 7) is 4.62. The second-order valence-corrected chi connectivity index (χ2v) is 5.52. The Kier molecular flexibility index (Phi) is 6.69. The molecule has 2 aromatic carbocycles. The van der Waals surface area contributed by atoms with Gasteiger partial charge < -0.3 is 10.1 Å². The molecule has 126 valence electrons. The van der Waals surface area contributed by atoms with E-state index in [9.17, 15) is 4.39 Å². The summed E-state index contributed by atoms with van der Waals surface area (Å²) in [6, 6.07) is 14.0. The normalized spacial score (nSPS) is 11.0. The number of hydrazone groups is 1. The van der Waals surface area contributed by atoms with E-state index >= 15 is 0 Å². The molecule has 0 atom stereocenters. The first-order valence-corrected chi connectivity index (χ1v) is 8.10. The van der Waals surface area contributed by atoms with Crippen LogP contribution in [0.25, 0.3) is 0 Å². The quantitative estimate of drug-likeness (QED) is 0.465. The standard InChI is InChI=1S/C18H20FN3OS/c1-3-12-23-15-10-8-14(9-11-15)13(2)21-22-18(24)20-17-7-5-4-6-16(17)19/h4-11H,3,12H2,1-2H3,(H2,20,22,24)/b21-13-. The average molecular weight is 345 g/mol. The average Bonchev–Trinajstić information content (AvgIpc) is 2.60. The van der Waals surface area contributed by atoms with Gasteiger partial charge >= 0.3 is 0 Å². The highest BCUT2D eigenvalue weighted by atomic mass is 32.1. The summed E-state index contributed by atoms with van der Waals surface area (Å²) in [4.78, 5) is 0. The number of para-hydroxylation sites is 1. The van der Waals surface area contributed by atoms with Gasteiger partial charge in [-0.15, -0.1) is 0 Å². The molecule has 0 saturated heterocycles. The van der Waals surface area contributed by atoms with E-state index in [4.69, 9.17) is 17.0 Å². The van der Waals surface area contributed by atoms with Gasteiger partial charge in [0.2, 0.25) is 0 Å². The molecule has 2 N–H and O–H groups in total. The Labute approximate surface area is 146 Å². The van der Waals surface area contributed by atoms with Crippen molar-refractivity contribution in [1.29, 1.82) is 0 Å². The number of nitrogens with zero attached hydrogens (tertiary/aromatic N) is 1. The van der Waals surface area contributed by atoms with Crippen molar-refractivity contribution in [3.8, 4) is 5.75 Å². The van der Waals surface area contributed by atoms with Crippen LogP contribution in [0.15, 0.2) is 53.6 Å². The van der Waals surface area contributed by atoms with Crippen LogP contribution in [0.2, 0.25) is 0 Å². The molecule has 0 spiro atoms. The van der Waals surface area contributed by atoms with Crippen molar-refractivity contribution in [2.45, 2.75) is 20.3 Å². The van der Waals surface area contributed by atoms with Crippen molar-refractivity contribution in [2.24, 2.45) is 5.10 Å². The lowest BCUT2D eigenvalue weighted by Gasteiger charge is -2.09. The zero-order valence-electron chi connectivity index (χ0n) is 13.7. The van der Waals surface area contributed by atoms with Gasteiger partial charge in [0.05, 0.1) is 18.0 Å². The fraction of sp³-hybridized carbons (Fsp3) is 0.222. The minimum absolute atomic E-state index is 0.224. The van der Waals surface area contributed by atoms with Gasteiger partial charge in [-0.05, 0) is 67.5 Å². The first-order valence-electron chi connectivity index (χ1n) is 7.69. The molecule has 0 amide bonds. The van der Waals surface area contributed by atoms with Crippen LogP contribution in [0.1, 0.15) is 25.8 Å². The summed E-state index contributed by atoms with van der Waals surface area (Å²) in [6.07, 6.45) is 0.971. The lowest BCUT2D eigenvalue weighted by atomic mass is 10.1. The van der Waals surface area contributed by atoms with Gasteiger partial charge in [-0.25, -0.2) is 4.39 Å². The van der Waals surface area contributed by atoms with Gasteiger partial charge in [0.25, 0.3) is 0 Å². The Morgan fingerprint density at radius 1 is 1.17 bits per heavy atom. The van der Waals surface area contributed by atoms with Crippen LogP contribution >= 0.6 is 12.2 Å². The summed E-state index contributed by atoms with van der Waals surface area (Å²) >= 11 is 5.12. The van der Waals surface area contributed by atoms with Crippen LogP contribution in [-0.2, 0) is 0 Å². The first-order chi connectivity index (χ1) is 11.6. The monoisotopic (exact) mass is 345 g/mol. The Balaban J connectivity index is 1.93. The van der Waals surface area contributed by atoms with Crippen LogP contribution in [0.3, 0.4) is 0 Å². The molecule has 0 bridgehead atoms. The predicted octanol–water partition coefficient (Wildman–Crippen LogP) is 4.33. The molecule has 0 unspecified atom stereocenters. The smallest absolute Gasteiger partial charge is 0.191 e. The van der Waals surface area contributed by atoms with E-state index in [1.54, 1.807) is 18.2 Å². The molecular weight excluding hydrogens is 325 g/mol. The first kappa shape index (κ1) is 17.9. The van der Waals surface area contributed by atoms with Crippen LogP contribution in [-0.4, -0.2) is 17.4 Å². The molecule has 0 heterocycles. The minimum Gasteiger partial charge on any atom is -0.494 e. The van der Waals surface area contributed by atoms with Crippen LogP contribution in [0.4, 0.5) is 10.1 Å². The second-order valence-electron chi connectivity index (χ2n) is 5.12. The number of ether oxygens (including phenoxy) is 1. The van der Waals surface area contributed by atoms with Gasteiger partial charge in [-0.1, -0.05) is 19.1 Å². The Bertz CT molecular complexity index is 716. The maximum Gasteiger partial charge on any atom is 0.191 e. The number of benzene rings is 2. The van der Waals surface area contributed by atoms with Gasteiger partial charge in [0.1, 0.15) is 11.6 Å². The third kappa shape index (κ3) is 5.31. The SMILES string of the molecule is CCCOc1ccc(/C(C)=N\NC(=S)Nc2ccccc2F)cc1. The number of anilines is 1. The molecule has 0 aliphatic rings. The van der Waals surface area contributed by atoms with Crippen molar-refractivity contribution in [3.05, 3.63) is 59.9 Å². The molecule has 2 rings (SSSR count). The fourth-order valence-corrected chi connectivity index (χ4v) is 2.08. The Hall–Kier alpha value is -2.47. The summed E-state index contributed by atoms with van der Waals surface area (Å²) in [5.74, 6) is 0.461. The van der Waals surface area contributed by atoms with E-state index in [0.717, 1.165) is 23.4 Å². The highest BCUT2D eigenvalue weighted by Gasteiger charge is 2.03. The van der Waals surface area contributed by atoms with Crippen LogP contribution in [0.5, 0.6) is 5.75 Å². The molecule has 6 heteroatoms. The second kappa shape index (κ2) is 8.98. The third-order valence-electron chi connectivity index (χ3n) is 3.19. The maximum atomic E-state index is 13.5. The highest BCUT2D eigenvalue weighted by Crippen LogP contribution is 2.14. The number of nitrogens with one attached hydrogen (secondary N) is 2. The van der Waals surface area contributed by atoms with E-state index in [2.05, 4.69) is 22.8 Å². The third-order valence-corrected chi connectivity index (χ3v) is 3.39. The molecule has 4 nitrogen and oxygen atoms in total. The molecule has 0 saturated carbocycles. The van der Waals surface area contributed by atoms with E-state index in [1.165, 1.54) is 6.07 Å². The number of halogens is 1. The minimum atomic E-state index is -0.370. The zero-order valence-corrected chi connectivity index (χ0v) is 14.5. The lowest BCUT2D eigenvalue weighted by molar-refractivity contribution is 0.317. The van der Waals surface area contributed by atoms with Crippen molar-refractivity contribution in [2.75, 3.05) is 11.9 Å². The molecule has 2 aromatic rings. The van der Waals surface area contributed by atoms with Crippen LogP contribution in [0, 0.1) is 5.82 Å². The van der Waals surface area contributed by atoms with Gasteiger partial charge in [0.15, 0.2) is 5.11 Å². The summed E-state index contributed by atoms with van der Waals surface area (Å²) in [5.41, 5.74) is 4.73. The molecule has 0 aliphatic carbocycles. The zero-order chi connectivity index (χ0) is 17.4. The van der Waals surface area contributed by atoms with Crippen molar-refractivity contribution in [1.82, 2.24) is 5.43 Å². The number of hydrogen-bond acceptors (Lipinski definition) is 3. The molecule has 0 aromatic heterocycles. The topological polar surface area (TPSA) is 45.6 Å². The fourth-order valence-electron chi connectivity index (χ4n) is 1.92. The van der Waals surface area contributed by atoms with E-state index < -0.39 is 0 Å². The molecular formula is C18H20FN3OS. The summed E-state index contributed by atoms with van der Waals surface area (Å²) in [5, 5.41) is 7.20. The lowest BCUT2D eigenvalue weighted by Crippen LogP contribution is -2.25. The predicted molar refractivity (Wildman–Crippen MR) is 100 cm³/mol. The molecule has 24 heavy (non-hydrogen) atoms. The molecule has 0 aliphatic heterocycles. The largest absolute Gasteiger partial charge is 0.494 e. The molecule has 0 fully saturated rings. The van der Waals surface area contributed by atoms with E-state index in [-0.39, 0.29) is 10.9 Å². The van der Waals surface area contributed by atoms with E-state index in [1.807, 2.05) is 31.2 Å². The van der Waals surface area contributed by atoms with Gasteiger partial charge in [0, 0.05) is 0 Å². The van der Waals surface area contributed by atoms with Crippen LogP contribution < -0.4 is 15.5 Å². The maximum absolute atomic E-state index is 13.5. The highest BCUT2D eigenvalue weighted by molar-refractivity contribution is 7.80. The number of rotatable bonds is 6. The van der Waals surface area contributed by atoms with Crippen molar-refractivity contribution >= 4 is 28.7 Å². The Morgan fingerprint density at radius 3 is 2.54 bits per heavy atom. The summed E-state index contributed by atoms with van der Waals surface area (Å²) < 4.78 is 19.1. The van der Waals surface area contributed by atoms with Gasteiger partial charge in [-0.2, -0.15) is 5.10 Å². The molecule has 0 radical (unpaired) electrons. The van der Waals surface area contributed by atoms with E-state index in [0.29, 0.717) is 12.3 Å². The Morgan fingerprint density at radius 2 is 1.88 bits per heavy atom. The summed E-state index contributed by atoms with van der Waals surface area (Å²) in [7, 11) is 0. The number of hydrogen-bond donors (Lipinski definition) is 2. The van der Waals surface area contributed by atoms with Gasteiger partial charge in [-0.3, -0.25) is 5.43 Å².